The summed E-state index contributed by atoms with van der Waals surface area (Å²) in [5, 5.41) is 11.2. The number of aromatic nitrogens is 2. The molecule has 2 aliphatic rings. The molecule has 76 valence electrons. The van der Waals surface area contributed by atoms with E-state index in [9.17, 15) is 0 Å². The standard InChI is InChI=1S/C11H17N3/c1-2-5-9-8(4-1)11(14-13-9)10-6-3-7-12-10/h10,12H,1-7H2,(H,13,14). The quantitative estimate of drug-likeness (QED) is 0.709. The van der Waals surface area contributed by atoms with Gasteiger partial charge in [-0.25, -0.2) is 0 Å². The molecule has 3 heteroatoms. The number of fused-ring (bicyclic) bond motifs is 1. The van der Waals surface area contributed by atoms with E-state index in [2.05, 4.69) is 15.5 Å². The number of aromatic amines is 1. The van der Waals surface area contributed by atoms with E-state index < -0.39 is 0 Å². The Morgan fingerprint density at radius 3 is 2.93 bits per heavy atom. The molecule has 0 bridgehead atoms. The van der Waals surface area contributed by atoms with Crippen LogP contribution in [0, 0.1) is 0 Å². The van der Waals surface area contributed by atoms with Crippen LogP contribution in [0.2, 0.25) is 0 Å². The lowest BCUT2D eigenvalue weighted by Crippen LogP contribution is -2.15. The van der Waals surface area contributed by atoms with Crippen LogP contribution in [0.3, 0.4) is 0 Å². The number of aryl methyl sites for hydroxylation is 1. The van der Waals surface area contributed by atoms with Crippen molar-refractivity contribution in [3.8, 4) is 0 Å². The molecule has 2 heterocycles. The van der Waals surface area contributed by atoms with E-state index in [-0.39, 0.29) is 0 Å². The van der Waals surface area contributed by atoms with Crippen molar-refractivity contribution in [2.75, 3.05) is 6.54 Å². The minimum Gasteiger partial charge on any atom is -0.309 e. The highest BCUT2D eigenvalue weighted by Gasteiger charge is 2.25. The summed E-state index contributed by atoms with van der Waals surface area (Å²) >= 11 is 0. The van der Waals surface area contributed by atoms with Crippen LogP contribution in [0.15, 0.2) is 0 Å². The van der Waals surface area contributed by atoms with Crippen LogP contribution in [-0.4, -0.2) is 16.7 Å². The first-order valence-corrected chi connectivity index (χ1v) is 5.74. The topological polar surface area (TPSA) is 40.7 Å². The summed E-state index contributed by atoms with van der Waals surface area (Å²) in [5.41, 5.74) is 4.24. The second-order valence-corrected chi connectivity index (χ2v) is 4.42. The van der Waals surface area contributed by atoms with Gasteiger partial charge in [0.05, 0.1) is 11.7 Å². The summed E-state index contributed by atoms with van der Waals surface area (Å²) in [6, 6.07) is 0.535. The zero-order chi connectivity index (χ0) is 9.38. The van der Waals surface area contributed by atoms with Crippen molar-refractivity contribution in [2.24, 2.45) is 0 Å². The molecule has 1 aliphatic carbocycles. The highest BCUT2D eigenvalue weighted by molar-refractivity contribution is 5.30. The molecule has 1 aromatic rings. The third-order valence-corrected chi connectivity index (χ3v) is 3.48. The molecule has 0 spiro atoms. The molecule has 1 aromatic heterocycles. The molecule has 2 N–H and O–H groups in total. The second kappa shape index (κ2) is 3.39. The Morgan fingerprint density at radius 2 is 2.07 bits per heavy atom. The van der Waals surface area contributed by atoms with E-state index in [1.165, 1.54) is 55.5 Å². The first-order chi connectivity index (χ1) is 6.95. The van der Waals surface area contributed by atoms with Crippen molar-refractivity contribution < 1.29 is 0 Å². The van der Waals surface area contributed by atoms with Crippen LogP contribution >= 0.6 is 0 Å². The lowest BCUT2D eigenvalue weighted by molar-refractivity contribution is 0.610. The highest BCUT2D eigenvalue weighted by Crippen LogP contribution is 2.29. The minimum absolute atomic E-state index is 0.535. The van der Waals surface area contributed by atoms with Gasteiger partial charge in [-0.2, -0.15) is 5.10 Å². The van der Waals surface area contributed by atoms with Crippen LogP contribution in [0.25, 0.3) is 0 Å². The maximum Gasteiger partial charge on any atom is 0.0826 e. The third kappa shape index (κ3) is 1.27. The van der Waals surface area contributed by atoms with Gasteiger partial charge in [-0.05, 0) is 50.6 Å². The Bertz CT molecular complexity index is 323. The number of rotatable bonds is 1. The number of hydrogen-bond donors (Lipinski definition) is 2. The lowest BCUT2D eigenvalue weighted by atomic mass is 9.93. The van der Waals surface area contributed by atoms with Gasteiger partial charge in [0, 0.05) is 5.69 Å². The summed E-state index contributed by atoms with van der Waals surface area (Å²) < 4.78 is 0. The van der Waals surface area contributed by atoms with Gasteiger partial charge in [-0.15, -0.1) is 0 Å². The van der Waals surface area contributed by atoms with Crippen LogP contribution in [-0.2, 0) is 12.8 Å². The van der Waals surface area contributed by atoms with Crippen molar-refractivity contribution in [3.05, 3.63) is 17.0 Å². The van der Waals surface area contributed by atoms with E-state index >= 15 is 0 Å². The van der Waals surface area contributed by atoms with Crippen LogP contribution in [0.1, 0.15) is 48.7 Å². The van der Waals surface area contributed by atoms with Gasteiger partial charge in [0.1, 0.15) is 0 Å². The fourth-order valence-corrected chi connectivity index (χ4v) is 2.71. The second-order valence-electron chi connectivity index (χ2n) is 4.42. The average Bonchev–Trinajstić information content (AvgIpc) is 2.85. The number of nitrogens with zero attached hydrogens (tertiary/aromatic N) is 1. The van der Waals surface area contributed by atoms with Crippen LogP contribution in [0.4, 0.5) is 0 Å². The van der Waals surface area contributed by atoms with Crippen molar-refractivity contribution >= 4 is 0 Å². The molecule has 3 nitrogen and oxygen atoms in total. The molecule has 0 aromatic carbocycles. The Morgan fingerprint density at radius 1 is 1.14 bits per heavy atom. The van der Waals surface area contributed by atoms with E-state index in [0.29, 0.717) is 6.04 Å². The predicted octanol–water partition coefficient (Wildman–Crippen LogP) is 1.71. The molecule has 0 saturated carbocycles. The molecule has 1 unspecified atom stereocenters. The summed E-state index contributed by atoms with van der Waals surface area (Å²) in [6.45, 7) is 1.16. The first kappa shape index (κ1) is 8.48. The van der Waals surface area contributed by atoms with Crippen molar-refractivity contribution in [1.29, 1.82) is 0 Å². The fourth-order valence-electron chi connectivity index (χ4n) is 2.71. The fraction of sp³-hybridized carbons (Fsp3) is 0.727. The molecule has 1 aliphatic heterocycles. The maximum atomic E-state index is 4.49. The highest BCUT2D eigenvalue weighted by atomic mass is 15.1. The summed E-state index contributed by atoms with van der Waals surface area (Å²) in [4.78, 5) is 0. The van der Waals surface area contributed by atoms with Crippen LogP contribution < -0.4 is 5.32 Å². The normalized spacial score (nSPS) is 26.4. The lowest BCUT2D eigenvalue weighted by Gasteiger charge is -2.14. The molecule has 1 fully saturated rings. The molecular weight excluding hydrogens is 174 g/mol. The molecule has 14 heavy (non-hydrogen) atoms. The van der Waals surface area contributed by atoms with Gasteiger partial charge < -0.3 is 5.32 Å². The molecule has 1 atom stereocenters. The Hall–Kier alpha value is -0.830. The van der Waals surface area contributed by atoms with Gasteiger partial charge in [0.15, 0.2) is 0 Å². The molecular formula is C11H17N3. The minimum atomic E-state index is 0.535. The molecule has 3 rings (SSSR count). The van der Waals surface area contributed by atoms with Gasteiger partial charge in [0.25, 0.3) is 0 Å². The zero-order valence-electron chi connectivity index (χ0n) is 8.47. The molecule has 1 saturated heterocycles. The first-order valence-electron chi connectivity index (χ1n) is 5.74. The van der Waals surface area contributed by atoms with Crippen LogP contribution in [0.5, 0.6) is 0 Å². The zero-order valence-corrected chi connectivity index (χ0v) is 8.47. The average molecular weight is 191 g/mol. The van der Waals surface area contributed by atoms with Crippen molar-refractivity contribution in [2.45, 2.75) is 44.6 Å². The Kier molecular flexibility index (Phi) is 2.05. The van der Waals surface area contributed by atoms with E-state index in [0.717, 1.165) is 6.54 Å². The summed E-state index contributed by atoms with van der Waals surface area (Å²) in [5.74, 6) is 0. The van der Waals surface area contributed by atoms with Gasteiger partial charge >= 0.3 is 0 Å². The number of nitrogens with one attached hydrogen (secondary N) is 2. The van der Waals surface area contributed by atoms with Gasteiger partial charge in [-0.1, -0.05) is 0 Å². The molecule has 0 amide bonds. The third-order valence-electron chi connectivity index (χ3n) is 3.48. The Labute approximate surface area is 84.3 Å². The largest absolute Gasteiger partial charge is 0.309 e. The van der Waals surface area contributed by atoms with Gasteiger partial charge in [-0.3, -0.25) is 5.10 Å². The van der Waals surface area contributed by atoms with E-state index in [1.54, 1.807) is 0 Å². The SMILES string of the molecule is C1CCc2c(C3CCCN3)n[nH]c2C1. The monoisotopic (exact) mass is 191 g/mol. The smallest absolute Gasteiger partial charge is 0.0826 e. The summed E-state index contributed by atoms with van der Waals surface area (Å²) in [6.07, 6.45) is 7.66. The Balaban J connectivity index is 1.93. The van der Waals surface area contributed by atoms with Gasteiger partial charge in [0.2, 0.25) is 0 Å². The maximum absolute atomic E-state index is 4.49. The predicted molar refractivity (Wildman–Crippen MR) is 55.2 cm³/mol. The summed E-state index contributed by atoms with van der Waals surface area (Å²) in [7, 11) is 0. The van der Waals surface area contributed by atoms with E-state index in [1.807, 2.05) is 0 Å². The number of H-pyrrole nitrogens is 1. The van der Waals surface area contributed by atoms with E-state index in [4.69, 9.17) is 0 Å². The number of hydrogen-bond acceptors (Lipinski definition) is 2. The van der Waals surface area contributed by atoms with Crippen molar-refractivity contribution in [3.63, 3.8) is 0 Å². The van der Waals surface area contributed by atoms with Crippen molar-refractivity contribution in [1.82, 2.24) is 15.5 Å². The molecule has 0 radical (unpaired) electrons.